The minimum Gasteiger partial charge on any atom is -0.302 e. The second-order valence-corrected chi connectivity index (χ2v) is 5.39. The van der Waals surface area contributed by atoms with Gasteiger partial charge in [0.25, 0.3) is 0 Å². The topological polar surface area (TPSA) is 31.9 Å². The molecule has 1 aliphatic carbocycles. The number of H-pyrrole nitrogens is 1. The summed E-state index contributed by atoms with van der Waals surface area (Å²) >= 11 is 0. The van der Waals surface area contributed by atoms with E-state index in [9.17, 15) is 0 Å². The van der Waals surface area contributed by atoms with Gasteiger partial charge in [-0.1, -0.05) is 19.3 Å². The molecular formula is C13H21N3. The molecule has 1 aromatic heterocycles. The molecule has 88 valence electrons. The number of hydrogen-bond acceptors (Lipinski definition) is 2. The van der Waals surface area contributed by atoms with Crippen LogP contribution in [0.2, 0.25) is 0 Å². The fraction of sp³-hybridized carbons (Fsp3) is 0.769. The van der Waals surface area contributed by atoms with E-state index in [4.69, 9.17) is 0 Å². The van der Waals surface area contributed by atoms with Crippen molar-refractivity contribution in [1.82, 2.24) is 15.1 Å². The highest BCUT2D eigenvalue weighted by atomic mass is 15.2. The molecule has 0 amide bonds. The van der Waals surface area contributed by atoms with Crippen molar-refractivity contribution in [3.05, 3.63) is 17.0 Å². The first-order chi connectivity index (χ1) is 7.84. The van der Waals surface area contributed by atoms with Crippen molar-refractivity contribution in [3.8, 4) is 0 Å². The number of aromatic nitrogens is 2. The molecule has 3 heteroatoms. The molecule has 0 radical (unpaired) electrons. The Hall–Kier alpha value is -0.830. The Morgan fingerprint density at radius 1 is 1.25 bits per heavy atom. The van der Waals surface area contributed by atoms with Crippen LogP contribution in [0.15, 0.2) is 0 Å². The molecule has 1 fully saturated rings. The van der Waals surface area contributed by atoms with Crippen molar-refractivity contribution < 1.29 is 0 Å². The van der Waals surface area contributed by atoms with Crippen molar-refractivity contribution in [1.29, 1.82) is 0 Å². The summed E-state index contributed by atoms with van der Waals surface area (Å²) in [4.78, 5) is 2.41. The summed E-state index contributed by atoms with van der Waals surface area (Å²) in [7, 11) is 2.21. The van der Waals surface area contributed by atoms with Crippen LogP contribution in [0.1, 0.15) is 55.0 Å². The molecule has 1 aliphatic heterocycles. The minimum absolute atomic E-state index is 0.736. The molecule has 16 heavy (non-hydrogen) atoms. The lowest BCUT2D eigenvalue weighted by Crippen LogP contribution is -2.27. The summed E-state index contributed by atoms with van der Waals surface area (Å²) in [6.07, 6.45) is 8.04. The zero-order valence-corrected chi connectivity index (χ0v) is 10.1. The summed E-state index contributed by atoms with van der Waals surface area (Å²) in [6, 6.07) is 0. The smallest absolute Gasteiger partial charge is 0.0700 e. The van der Waals surface area contributed by atoms with Crippen LogP contribution in [-0.4, -0.2) is 28.7 Å². The van der Waals surface area contributed by atoms with E-state index in [2.05, 4.69) is 22.1 Å². The molecule has 0 unspecified atom stereocenters. The molecule has 3 rings (SSSR count). The normalized spacial score (nSPS) is 23.3. The van der Waals surface area contributed by atoms with E-state index >= 15 is 0 Å². The van der Waals surface area contributed by atoms with Crippen LogP contribution in [-0.2, 0) is 13.0 Å². The number of rotatable bonds is 1. The zero-order chi connectivity index (χ0) is 11.0. The first kappa shape index (κ1) is 10.3. The van der Waals surface area contributed by atoms with Gasteiger partial charge in [-0.05, 0) is 19.9 Å². The Labute approximate surface area is 97.2 Å². The summed E-state index contributed by atoms with van der Waals surface area (Å²) in [5.41, 5.74) is 4.31. The number of fused-ring (bicyclic) bond motifs is 1. The fourth-order valence-electron chi connectivity index (χ4n) is 3.17. The highest BCUT2D eigenvalue weighted by Crippen LogP contribution is 2.35. The Kier molecular flexibility index (Phi) is 2.72. The number of nitrogens with one attached hydrogen (secondary N) is 1. The van der Waals surface area contributed by atoms with Gasteiger partial charge in [-0.2, -0.15) is 5.10 Å². The zero-order valence-electron chi connectivity index (χ0n) is 10.1. The maximum atomic E-state index is 4.60. The molecule has 2 heterocycles. The first-order valence-corrected chi connectivity index (χ1v) is 6.59. The van der Waals surface area contributed by atoms with E-state index in [0.29, 0.717) is 0 Å². The molecule has 1 aromatic rings. The Morgan fingerprint density at radius 2 is 2.06 bits per heavy atom. The van der Waals surface area contributed by atoms with Crippen molar-refractivity contribution in [2.24, 2.45) is 0 Å². The molecular weight excluding hydrogens is 198 g/mol. The monoisotopic (exact) mass is 219 g/mol. The largest absolute Gasteiger partial charge is 0.302 e. The summed E-state index contributed by atoms with van der Waals surface area (Å²) < 4.78 is 0. The van der Waals surface area contributed by atoms with Gasteiger partial charge in [-0.25, -0.2) is 0 Å². The van der Waals surface area contributed by atoms with Gasteiger partial charge in [0.2, 0.25) is 0 Å². The Balaban J connectivity index is 1.86. The third-order valence-electron chi connectivity index (χ3n) is 4.15. The van der Waals surface area contributed by atoms with Gasteiger partial charge >= 0.3 is 0 Å². The predicted molar refractivity (Wildman–Crippen MR) is 64.5 cm³/mol. The van der Waals surface area contributed by atoms with Gasteiger partial charge in [0.05, 0.1) is 5.69 Å². The van der Waals surface area contributed by atoms with Crippen molar-refractivity contribution in [2.45, 2.75) is 51.0 Å². The van der Waals surface area contributed by atoms with Gasteiger partial charge in [0, 0.05) is 36.7 Å². The summed E-state index contributed by atoms with van der Waals surface area (Å²) in [5.74, 6) is 0.736. The molecule has 0 saturated heterocycles. The van der Waals surface area contributed by atoms with Crippen LogP contribution in [0.4, 0.5) is 0 Å². The van der Waals surface area contributed by atoms with E-state index in [1.807, 2.05) is 0 Å². The van der Waals surface area contributed by atoms with E-state index < -0.39 is 0 Å². The molecule has 0 bridgehead atoms. The first-order valence-electron chi connectivity index (χ1n) is 6.59. The Bertz CT molecular complexity index is 363. The Morgan fingerprint density at radius 3 is 2.88 bits per heavy atom. The molecule has 1 N–H and O–H groups in total. The summed E-state index contributed by atoms with van der Waals surface area (Å²) in [6.45, 7) is 2.26. The van der Waals surface area contributed by atoms with Crippen LogP contribution < -0.4 is 0 Å². The maximum absolute atomic E-state index is 4.60. The van der Waals surface area contributed by atoms with Crippen molar-refractivity contribution in [3.63, 3.8) is 0 Å². The number of aromatic amines is 1. The lowest BCUT2D eigenvalue weighted by Gasteiger charge is -2.25. The van der Waals surface area contributed by atoms with Gasteiger partial charge < -0.3 is 4.90 Å². The van der Waals surface area contributed by atoms with Crippen LogP contribution >= 0.6 is 0 Å². The van der Waals surface area contributed by atoms with Gasteiger partial charge in [0.1, 0.15) is 0 Å². The lowest BCUT2D eigenvalue weighted by molar-refractivity contribution is 0.308. The van der Waals surface area contributed by atoms with Crippen molar-refractivity contribution in [2.75, 3.05) is 13.6 Å². The van der Waals surface area contributed by atoms with Gasteiger partial charge in [-0.3, -0.25) is 5.10 Å². The van der Waals surface area contributed by atoms with Crippen molar-refractivity contribution >= 4 is 0 Å². The average Bonchev–Trinajstić information content (AvgIpc) is 2.73. The van der Waals surface area contributed by atoms with Crippen LogP contribution in [0.25, 0.3) is 0 Å². The van der Waals surface area contributed by atoms with E-state index in [-0.39, 0.29) is 0 Å². The predicted octanol–water partition coefficient (Wildman–Crippen LogP) is 2.45. The summed E-state index contributed by atoms with van der Waals surface area (Å²) in [5, 5.41) is 7.87. The molecule has 0 atom stereocenters. The second-order valence-electron chi connectivity index (χ2n) is 5.39. The highest BCUT2D eigenvalue weighted by molar-refractivity contribution is 5.30. The van der Waals surface area contributed by atoms with E-state index in [1.165, 1.54) is 55.6 Å². The van der Waals surface area contributed by atoms with Gasteiger partial charge in [0.15, 0.2) is 0 Å². The molecule has 2 aliphatic rings. The third kappa shape index (κ3) is 1.77. The highest BCUT2D eigenvalue weighted by Gasteiger charge is 2.25. The average molecular weight is 219 g/mol. The number of likely N-dealkylation sites (N-methyl/N-ethyl adjacent to an activating group) is 1. The maximum Gasteiger partial charge on any atom is 0.0700 e. The minimum atomic E-state index is 0.736. The van der Waals surface area contributed by atoms with E-state index in [1.54, 1.807) is 0 Å². The molecule has 3 nitrogen and oxygen atoms in total. The third-order valence-corrected chi connectivity index (χ3v) is 4.15. The standard InChI is InChI=1S/C13H21N3/c1-16-8-7-12-11(9-16)13(15-14-12)10-5-3-2-4-6-10/h10H,2-9H2,1H3,(H,14,15). The van der Waals surface area contributed by atoms with Crippen LogP contribution in [0, 0.1) is 0 Å². The number of hydrogen-bond donors (Lipinski definition) is 1. The quantitative estimate of drug-likeness (QED) is 0.786. The molecule has 0 spiro atoms. The molecule has 0 aromatic carbocycles. The van der Waals surface area contributed by atoms with E-state index in [0.717, 1.165) is 18.9 Å². The van der Waals surface area contributed by atoms with Gasteiger partial charge in [-0.15, -0.1) is 0 Å². The second kappa shape index (κ2) is 4.21. The van der Waals surface area contributed by atoms with Crippen LogP contribution in [0.3, 0.4) is 0 Å². The van der Waals surface area contributed by atoms with Crippen LogP contribution in [0.5, 0.6) is 0 Å². The fourth-order valence-corrected chi connectivity index (χ4v) is 3.17. The number of nitrogens with zero attached hydrogens (tertiary/aromatic N) is 2. The lowest BCUT2D eigenvalue weighted by atomic mass is 9.84. The molecule has 1 saturated carbocycles. The SMILES string of the molecule is CN1CCc2[nH]nc(C3CCCCC3)c2C1.